The highest BCUT2D eigenvalue weighted by Crippen LogP contribution is 2.65. The molecular weight excluding hydrogens is 324 g/mol. The Bertz CT molecular complexity index is 619. The van der Waals surface area contributed by atoms with Gasteiger partial charge in [-0.15, -0.1) is 0 Å². The number of hydrogen-bond donors (Lipinski definition) is 1. The molecule has 1 N–H and O–H groups in total. The molecule has 1 unspecified atom stereocenters. The molecule has 0 spiro atoms. The topological polar surface area (TPSA) is 38.7 Å². The quantitative estimate of drug-likeness (QED) is 0.661. The molecule has 4 aliphatic rings. The van der Waals surface area contributed by atoms with Crippen LogP contribution in [0.2, 0.25) is 0 Å². The van der Waals surface area contributed by atoms with Crippen LogP contribution in [0.3, 0.4) is 0 Å². The van der Waals surface area contributed by atoms with Crippen molar-refractivity contribution in [2.45, 2.75) is 104 Å². The number of hydrogen-bond acceptors (Lipinski definition) is 3. The van der Waals surface area contributed by atoms with Gasteiger partial charge in [0, 0.05) is 5.41 Å². The monoisotopic (exact) mass is 362 g/mol. The van der Waals surface area contributed by atoms with Gasteiger partial charge in [0.15, 0.2) is 5.79 Å². The summed E-state index contributed by atoms with van der Waals surface area (Å²) in [5.74, 6) is 1.12. The average Bonchev–Trinajstić information content (AvgIpc) is 2.83. The molecule has 148 valence electrons. The third-order valence-electron chi connectivity index (χ3n) is 8.55. The Balaban J connectivity index is 1.75. The second kappa shape index (κ2) is 5.58. The minimum absolute atomic E-state index is 0.114. The van der Waals surface area contributed by atoms with E-state index in [1.807, 2.05) is 0 Å². The smallest absolute Gasteiger partial charge is 0.164 e. The first-order valence-corrected chi connectivity index (χ1v) is 10.7. The van der Waals surface area contributed by atoms with E-state index < -0.39 is 5.79 Å². The Morgan fingerprint density at radius 3 is 2.42 bits per heavy atom. The fraction of sp³-hybridized carbons (Fsp3) is 0.913. The second-order valence-electron chi connectivity index (χ2n) is 11.0. The molecule has 1 aliphatic heterocycles. The summed E-state index contributed by atoms with van der Waals surface area (Å²) in [7, 11) is 0. The molecule has 3 nitrogen and oxygen atoms in total. The van der Waals surface area contributed by atoms with Gasteiger partial charge in [0.25, 0.3) is 0 Å². The summed E-state index contributed by atoms with van der Waals surface area (Å²) in [5, 5.41) is 10.6. The molecule has 6 atom stereocenters. The molecule has 0 bridgehead atoms. The molecule has 3 fully saturated rings. The number of allylic oxidation sites excluding steroid dienone is 1. The molecule has 3 aliphatic carbocycles. The van der Waals surface area contributed by atoms with E-state index in [0.717, 1.165) is 25.7 Å². The average molecular weight is 363 g/mol. The number of aliphatic hydroxyl groups excluding tert-OH is 1. The van der Waals surface area contributed by atoms with Gasteiger partial charge in [-0.25, -0.2) is 0 Å². The molecule has 0 aromatic carbocycles. The van der Waals surface area contributed by atoms with Crippen LogP contribution in [0.1, 0.15) is 80.6 Å². The molecule has 0 amide bonds. The minimum Gasteiger partial charge on any atom is -0.392 e. The van der Waals surface area contributed by atoms with Crippen LogP contribution in [0, 0.1) is 28.6 Å². The summed E-state index contributed by atoms with van der Waals surface area (Å²) in [6.45, 7) is 15.7. The first kappa shape index (κ1) is 19.0. The van der Waals surface area contributed by atoms with Gasteiger partial charge in [-0.1, -0.05) is 46.3 Å². The summed E-state index contributed by atoms with van der Waals surface area (Å²) in [6.07, 6.45) is 7.79. The van der Waals surface area contributed by atoms with Crippen molar-refractivity contribution in [3.63, 3.8) is 0 Å². The van der Waals surface area contributed by atoms with Crippen LogP contribution in [-0.2, 0) is 9.47 Å². The molecule has 0 aromatic rings. The van der Waals surface area contributed by atoms with Gasteiger partial charge in [0.1, 0.15) is 5.60 Å². The van der Waals surface area contributed by atoms with Gasteiger partial charge in [-0.2, -0.15) is 0 Å². The first-order chi connectivity index (χ1) is 11.9. The lowest BCUT2D eigenvalue weighted by molar-refractivity contribution is -0.172. The first-order valence-electron chi connectivity index (χ1n) is 10.7. The molecule has 3 heteroatoms. The molecule has 4 rings (SSSR count). The molecule has 26 heavy (non-hydrogen) atoms. The molecule has 1 saturated heterocycles. The largest absolute Gasteiger partial charge is 0.392 e. The van der Waals surface area contributed by atoms with E-state index in [4.69, 9.17) is 9.47 Å². The normalized spacial score (nSPS) is 49.2. The highest BCUT2D eigenvalue weighted by atomic mass is 16.8. The second-order valence-corrected chi connectivity index (χ2v) is 11.0. The Hall–Kier alpha value is -0.380. The molecule has 1 heterocycles. The van der Waals surface area contributed by atoms with Crippen LogP contribution >= 0.6 is 0 Å². The maximum Gasteiger partial charge on any atom is 0.164 e. The molecule has 0 radical (unpaired) electrons. The molecule has 2 saturated carbocycles. The van der Waals surface area contributed by atoms with Crippen molar-refractivity contribution in [1.82, 2.24) is 0 Å². The van der Waals surface area contributed by atoms with E-state index in [1.165, 1.54) is 12.0 Å². The lowest BCUT2D eigenvalue weighted by Crippen LogP contribution is -2.59. The summed E-state index contributed by atoms with van der Waals surface area (Å²) in [4.78, 5) is 0. The zero-order valence-electron chi connectivity index (χ0n) is 17.8. The lowest BCUT2D eigenvalue weighted by Gasteiger charge is -2.60. The summed E-state index contributed by atoms with van der Waals surface area (Å²) in [6, 6.07) is 0. The fourth-order valence-corrected chi connectivity index (χ4v) is 7.19. The standard InChI is InChI=1S/C23H38O3/c1-14(2)23-13-10-16-15(19(23)25-21(5,6)26-23)8-9-17-20(3,4)18(24)11-12-22(16,17)7/h9,14-16,18-19,24H,8,10-13H2,1-7H3/t15-,16-,18?,19-,22+,23-/m0/s1. The van der Waals surface area contributed by atoms with Crippen LogP contribution in [0.25, 0.3) is 0 Å². The highest BCUT2D eigenvalue weighted by Gasteiger charge is 2.65. The third-order valence-corrected chi connectivity index (χ3v) is 8.55. The van der Waals surface area contributed by atoms with E-state index in [1.54, 1.807) is 0 Å². The van der Waals surface area contributed by atoms with E-state index in [9.17, 15) is 5.11 Å². The van der Waals surface area contributed by atoms with Gasteiger partial charge >= 0.3 is 0 Å². The van der Waals surface area contributed by atoms with Crippen LogP contribution in [0.15, 0.2) is 11.6 Å². The van der Waals surface area contributed by atoms with Gasteiger partial charge in [0.05, 0.1) is 12.2 Å². The van der Waals surface area contributed by atoms with Crippen molar-refractivity contribution < 1.29 is 14.6 Å². The minimum atomic E-state index is -0.489. The SMILES string of the molecule is CC(C)[C@@]12CC[C@H]3[C@H](CC=C4C(C)(C)C(O)CC[C@@]43C)[C@@H]1OC(C)(C)O2. The Kier molecular flexibility index (Phi) is 4.07. The predicted octanol–water partition coefficient (Wildman–Crippen LogP) is 5.08. The number of fused-ring (bicyclic) bond motifs is 5. The van der Waals surface area contributed by atoms with Crippen molar-refractivity contribution in [2.24, 2.45) is 28.6 Å². The summed E-state index contributed by atoms with van der Waals surface area (Å²) in [5.41, 5.74) is 1.43. The van der Waals surface area contributed by atoms with Gasteiger partial charge < -0.3 is 14.6 Å². The van der Waals surface area contributed by atoms with Crippen LogP contribution in [-0.4, -0.2) is 28.7 Å². The van der Waals surface area contributed by atoms with Gasteiger partial charge in [0.2, 0.25) is 0 Å². The number of ether oxygens (including phenoxy) is 2. The van der Waals surface area contributed by atoms with Crippen LogP contribution in [0.4, 0.5) is 0 Å². The van der Waals surface area contributed by atoms with Crippen LogP contribution in [0.5, 0.6) is 0 Å². The number of aliphatic hydroxyl groups is 1. The Morgan fingerprint density at radius 1 is 1.08 bits per heavy atom. The molecular formula is C23H38O3. The fourth-order valence-electron chi connectivity index (χ4n) is 7.19. The maximum absolute atomic E-state index is 10.6. The predicted molar refractivity (Wildman–Crippen MR) is 104 cm³/mol. The van der Waals surface area contributed by atoms with Crippen molar-refractivity contribution in [3.8, 4) is 0 Å². The Morgan fingerprint density at radius 2 is 1.77 bits per heavy atom. The maximum atomic E-state index is 10.6. The summed E-state index contributed by atoms with van der Waals surface area (Å²) >= 11 is 0. The van der Waals surface area contributed by atoms with Crippen LogP contribution < -0.4 is 0 Å². The number of rotatable bonds is 1. The molecule has 0 aromatic heterocycles. The highest BCUT2D eigenvalue weighted by molar-refractivity contribution is 5.31. The van der Waals surface area contributed by atoms with E-state index >= 15 is 0 Å². The third kappa shape index (κ3) is 2.36. The van der Waals surface area contributed by atoms with Crippen molar-refractivity contribution in [2.75, 3.05) is 0 Å². The zero-order valence-corrected chi connectivity index (χ0v) is 17.8. The van der Waals surface area contributed by atoms with E-state index in [2.05, 4.69) is 54.5 Å². The van der Waals surface area contributed by atoms with E-state index in [-0.39, 0.29) is 28.6 Å². The lowest BCUT2D eigenvalue weighted by atomic mass is 9.46. The van der Waals surface area contributed by atoms with Crippen molar-refractivity contribution >= 4 is 0 Å². The van der Waals surface area contributed by atoms with Gasteiger partial charge in [-0.05, 0) is 69.1 Å². The van der Waals surface area contributed by atoms with Gasteiger partial charge in [-0.3, -0.25) is 0 Å². The van der Waals surface area contributed by atoms with E-state index in [0.29, 0.717) is 17.8 Å². The van der Waals surface area contributed by atoms with Crippen molar-refractivity contribution in [3.05, 3.63) is 11.6 Å². The summed E-state index contributed by atoms with van der Waals surface area (Å²) < 4.78 is 13.2. The Labute approximate surface area is 159 Å². The zero-order chi connectivity index (χ0) is 19.1. The van der Waals surface area contributed by atoms with Crippen molar-refractivity contribution in [1.29, 1.82) is 0 Å².